The number of fused-ring (bicyclic) bond motifs is 1. The van der Waals surface area contributed by atoms with Crippen LogP contribution in [0, 0.1) is 11.7 Å². The first-order valence-corrected chi connectivity index (χ1v) is 8.79. The summed E-state index contributed by atoms with van der Waals surface area (Å²) in [7, 11) is 0. The van der Waals surface area contributed by atoms with Crippen molar-refractivity contribution in [2.45, 2.75) is 44.1 Å². The van der Waals surface area contributed by atoms with Gasteiger partial charge in [0.25, 0.3) is 5.91 Å². The van der Waals surface area contributed by atoms with E-state index >= 15 is 0 Å². The second-order valence-corrected chi connectivity index (χ2v) is 6.85. The molecule has 0 bridgehead atoms. The number of para-hydroxylation sites is 1. The number of alkyl halides is 2. The zero-order chi connectivity index (χ0) is 19.6. The molecule has 1 atom stereocenters. The van der Waals surface area contributed by atoms with Crippen molar-refractivity contribution < 1.29 is 23.1 Å². The van der Waals surface area contributed by atoms with Crippen molar-refractivity contribution in [2.24, 2.45) is 5.92 Å². The maximum absolute atomic E-state index is 13.7. The fourth-order valence-corrected chi connectivity index (χ4v) is 3.54. The van der Waals surface area contributed by atoms with Crippen molar-refractivity contribution in [1.29, 1.82) is 0 Å². The Hall–Kier alpha value is -2.42. The minimum absolute atomic E-state index is 0.00818. The molecule has 1 amide bonds. The minimum Gasteiger partial charge on any atom is -0.396 e. The summed E-state index contributed by atoms with van der Waals surface area (Å²) in [4.78, 5) is 25.0. The van der Waals surface area contributed by atoms with Crippen molar-refractivity contribution in [1.82, 2.24) is 15.5 Å². The zero-order valence-electron chi connectivity index (χ0n) is 14.5. The first-order valence-electron chi connectivity index (χ1n) is 8.79. The van der Waals surface area contributed by atoms with E-state index in [4.69, 9.17) is 0 Å². The largest absolute Gasteiger partial charge is 0.396 e. The lowest BCUT2D eigenvalue weighted by Gasteiger charge is -2.33. The molecular weight excluding hydrogens is 363 g/mol. The van der Waals surface area contributed by atoms with Crippen LogP contribution in [0.2, 0.25) is 0 Å². The van der Waals surface area contributed by atoms with Gasteiger partial charge in [0.2, 0.25) is 11.4 Å². The number of aliphatic hydroxyl groups excluding tert-OH is 1. The number of halogens is 3. The summed E-state index contributed by atoms with van der Waals surface area (Å²) in [6.45, 7) is -0.232. The molecule has 1 heterocycles. The van der Waals surface area contributed by atoms with Gasteiger partial charge in [-0.05, 0) is 37.3 Å². The normalized spacial score (nSPS) is 18.4. The average molecular weight is 383 g/mol. The molecular formula is C18H20F3N3O3. The number of nitrogens with one attached hydrogen (secondary N) is 2. The minimum atomic E-state index is -2.70. The van der Waals surface area contributed by atoms with Gasteiger partial charge in [-0.25, -0.2) is 13.2 Å². The number of aromatic nitrogens is 2. The smallest absolute Gasteiger partial charge is 0.276 e. The molecule has 1 fully saturated rings. The lowest BCUT2D eigenvalue weighted by atomic mass is 9.81. The predicted molar refractivity (Wildman–Crippen MR) is 92.2 cm³/mol. The molecule has 0 aliphatic heterocycles. The molecule has 1 saturated carbocycles. The molecule has 27 heavy (non-hydrogen) atoms. The van der Waals surface area contributed by atoms with E-state index in [2.05, 4.69) is 15.5 Å². The summed E-state index contributed by atoms with van der Waals surface area (Å²) in [5, 5.41) is 17.9. The van der Waals surface area contributed by atoms with Gasteiger partial charge < -0.3 is 10.4 Å². The van der Waals surface area contributed by atoms with Gasteiger partial charge in [0.1, 0.15) is 11.3 Å². The summed E-state index contributed by atoms with van der Waals surface area (Å²) in [6, 6.07) is 3.34. The molecule has 2 aromatic rings. The van der Waals surface area contributed by atoms with Crippen molar-refractivity contribution in [3.8, 4) is 0 Å². The molecule has 1 aliphatic carbocycles. The van der Waals surface area contributed by atoms with E-state index in [1.165, 1.54) is 12.1 Å². The van der Waals surface area contributed by atoms with Gasteiger partial charge in [-0.15, -0.1) is 0 Å². The highest BCUT2D eigenvalue weighted by Gasteiger charge is 2.38. The average Bonchev–Trinajstić information content (AvgIpc) is 2.62. The topological polar surface area (TPSA) is 95.1 Å². The van der Waals surface area contributed by atoms with Crippen molar-refractivity contribution in [2.75, 3.05) is 6.61 Å². The Bertz CT molecular complexity index is 890. The third-order valence-corrected chi connectivity index (χ3v) is 5.06. The molecule has 1 unspecified atom stereocenters. The van der Waals surface area contributed by atoms with Crippen LogP contribution in [0.25, 0.3) is 10.9 Å². The fourth-order valence-electron chi connectivity index (χ4n) is 3.54. The zero-order valence-corrected chi connectivity index (χ0v) is 14.5. The number of nitrogens with zero attached hydrogens (tertiary/aromatic N) is 1. The van der Waals surface area contributed by atoms with Crippen LogP contribution in [0.4, 0.5) is 13.2 Å². The van der Waals surface area contributed by atoms with Gasteiger partial charge in [0.15, 0.2) is 5.69 Å². The van der Waals surface area contributed by atoms with Crippen molar-refractivity contribution in [3.63, 3.8) is 0 Å². The fraction of sp³-hybridized carbons (Fsp3) is 0.500. The Labute approximate surface area is 152 Å². The predicted octanol–water partition coefficient (Wildman–Crippen LogP) is 2.37. The quantitative estimate of drug-likeness (QED) is 0.739. The first kappa shape index (κ1) is 19.3. The van der Waals surface area contributed by atoms with E-state index in [1.807, 2.05) is 0 Å². The van der Waals surface area contributed by atoms with E-state index in [-0.39, 0.29) is 55.5 Å². The number of carbonyl (C=O) groups is 1. The van der Waals surface area contributed by atoms with Crippen LogP contribution in [0.1, 0.15) is 42.6 Å². The molecule has 1 aliphatic rings. The van der Waals surface area contributed by atoms with Crippen LogP contribution < -0.4 is 10.7 Å². The van der Waals surface area contributed by atoms with Gasteiger partial charge in [-0.3, -0.25) is 14.7 Å². The number of rotatable bonds is 5. The van der Waals surface area contributed by atoms with Gasteiger partial charge >= 0.3 is 0 Å². The van der Waals surface area contributed by atoms with Gasteiger partial charge in [-0.1, -0.05) is 6.07 Å². The lowest BCUT2D eigenvalue weighted by molar-refractivity contribution is -0.0498. The Morgan fingerprint density at radius 1 is 1.37 bits per heavy atom. The van der Waals surface area contributed by atoms with Crippen molar-refractivity contribution >= 4 is 16.8 Å². The highest BCUT2D eigenvalue weighted by atomic mass is 19.3. The monoisotopic (exact) mass is 383 g/mol. The third kappa shape index (κ3) is 4.13. The van der Waals surface area contributed by atoms with Crippen LogP contribution in [0.15, 0.2) is 23.0 Å². The number of hydrogen-bond acceptors (Lipinski definition) is 4. The van der Waals surface area contributed by atoms with E-state index in [1.54, 1.807) is 0 Å². The number of aliphatic hydroxyl groups is 1. The highest BCUT2D eigenvalue weighted by Crippen LogP contribution is 2.38. The van der Waals surface area contributed by atoms with E-state index in [0.29, 0.717) is 0 Å². The van der Waals surface area contributed by atoms with Crippen LogP contribution >= 0.6 is 0 Å². The molecule has 3 N–H and O–H groups in total. The Morgan fingerprint density at radius 2 is 2.07 bits per heavy atom. The Morgan fingerprint density at radius 3 is 2.74 bits per heavy atom. The van der Waals surface area contributed by atoms with E-state index in [9.17, 15) is 27.9 Å². The van der Waals surface area contributed by atoms with Crippen molar-refractivity contribution in [3.05, 3.63) is 39.9 Å². The number of carbonyl (C=O) groups excluding carboxylic acids is 1. The number of amides is 1. The van der Waals surface area contributed by atoms with Gasteiger partial charge in [-0.2, -0.15) is 5.10 Å². The van der Waals surface area contributed by atoms with E-state index in [0.717, 1.165) is 6.07 Å². The number of hydrogen-bond donors (Lipinski definition) is 3. The number of H-pyrrole nitrogens is 1. The standard InChI is InChI=1S/C18H20F3N3O3/c19-12-3-1-2-11-14(12)23-24-15(16(11)26)17(27)22-13(6-9-25)10-4-7-18(20,21)8-5-10/h1-3,10,13,25H,4-9H2,(H,22,27)(H,23,26). The lowest BCUT2D eigenvalue weighted by Crippen LogP contribution is -2.45. The molecule has 6 nitrogen and oxygen atoms in total. The SMILES string of the molecule is O=C(NC(CCO)C1CCC(F)(F)CC1)c1n[nH]c2c(F)cccc2c1=O. The molecule has 1 aromatic heterocycles. The number of benzene rings is 1. The van der Waals surface area contributed by atoms with Gasteiger partial charge in [0.05, 0.1) is 5.39 Å². The van der Waals surface area contributed by atoms with Crippen LogP contribution in [-0.4, -0.2) is 39.8 Å². The first-order chi connectivity index (χ1) is 12.8. The number of aromatic amines is 1. The van der Waals surface area contributed by atoms with Crippen LogP contribution in [0.3, 0.4) is 0 Å². The van der Waals surface area contributed by atoms with Gasteiger partial charge in [0, 0.05) is 25.5 Å². The third-order valence-electron chi connectivity index (χ3n) is 5.06. The van der Waals surface area contributed by atoms with E-state index < -0.39 is 34.8 Å². The Kier molecular flexibility index (Phi) is 5.50. The molecule has 0 saturated heterocycles. The second kappa shape index (κ2) is 7.67. The molecule has 9 heteroatoms. The molecule has 146 valence electrons. The molecule has 3 rings (SSSR count). The van der Waals surface area contributed by atoms with Crippen LogP contribution in [0.5, 0.6) is 0 Å². The second-order valence-electron chi connectivity index (χ2n) is 6.85. The summed E-state index contributed by atoms with van der Waals surface area (Å²) < 4.78 is 40.4. The highest BCUT2D eigenvalue weighted by molar-refractivity contribution is 5.95. The maximum Gasteiger partial charge on any atom is 0.276 e. The van der Waals surface area contributed by atoms with Crippen LogP contribution in [-0.2, 0) is 0 Å². The summed E-state index contributed by atoms with van der Waals surface area (Å²) in [6.07, 6.45) is 0.0600. The molecule has 0 spiro atoms. The molecule has 1 aromatic carbocycles. The summed E-state index contributed by atoms with van der Waals surface area (Å²) in [5.74, 6) is -4.37. The maximum atomic E-state index is 13.7. The summed E-state index contributed by atoms with van der Waals surface area (Å²) in [5.41, 5.74) is -1.25. The Balaban J connectivity index is 1.81. The summed E-state index contributed by atoms with van der Waals surface area (Å²) >= 11 is 0. The molecule has 0 radical (unpaired) electrons.